The van der Waals surface area contributed by atoms with Gasteiger partial charge in [0.05, 0.1) is 11.1 Å². The van der Waals surface area contributed by atoms with Gasteiger partial charge < -0.3 is 10.1 Å². The van der Waals surface area contributed by atoms with Gasteiger partial charge >= 0.3 is 12.0 Å². The van der Waals surface area contributed by atoms with Gasteiger partial charge in [-0.15, -0.1) is 0 Å². The molecule has 0 aliphatic carbocycles. The summed E-state index contributed by atoms with van der Waals surface area (Å²) >= 11 is 0. The predicted octanol–water partition coefficient (Wildman–Crippen LogP) is 1.23. The maximum Gasteiger partial charge on any atom is 0.329 e. The van der Waals surface area contributed by atoms with E-state index in [9.17, 15) is 24.0 Å². The number of benzene rings is 1. The Morgan fingerprint density at radius 2 is 1.50 bits per heavy atom. The van der Waals surface area contributed by atoms with Crippen LogP contribution in [0.4, 0.5) is 4.79 Å². The number of amides is 5. The minimum atomic E-state index is -1.30. The molecule has 0 saturated heterocycles. The third-order valence-corrected chi connectivity index (χ3v) is 3.94. The molecule has 0 saturated carbocycles. The molecule has 1 aliphatic heterocycles. The van der Waals surface area contributed by atoms with Gasteiger partial charge in [0.25, 0.3) is 17.7 Å². The van der Waals surface area contributed by atoms with Crippen molar-refractivity contribution in [1.82, 2.24) is 15.5 Å². The molecule has 0 spiro atoms. The lowest BCUT2D eigenvalue weighted by atomic mass is 10.1. The van der Waals surface area contributed by atoms with Gasteiger partial charge in [-0.1, -0.05) is 12.1 Å². The van der Waals surface area contributed by atoms with Gasteiger partial charge in [-0.3, -0.25) is 24.6 Å². The smallest absolute Gasteiger partial charge is 0.329 e. The van der Waals surface area contributed by atoms with Crippen molar-refractivity contribution in [2.45, 2.75) is 52.3 Å². The van der Waals surface area contributed by atoms with E-state index in [0.29, 0.717) is 0 Å². The van der Waals surface area contributed by atoms with Crippen LogP contribution in [0.5, 0.6) is 0 Å². The zero-order valence-electron chi connectivity index (χ0n) is 16.4. The molecule has 9 heteroatoms. The summed E-state index contributed by atoms with van der Waals surface area (Å²) < 4.78 is 5.04. The van der Waals surface area contributed by atoms with Gasteiger partial charge in [0.1, 0.15) is 6.04 Å². The van der Waals surface area contributed by atoms with Gasteiger partial charge in [-0.2, -0.15) is 0 Å². The van der Waals surface area contributed by atoms with Crippen molar-refractivity contribution in [3.8, 4) is 0 Å². The van der Waals surface area contributed by atoms with Gasteiger partial charge in [-0.05, 0) is 46.8 Å². The number of hydrogen-bond donors (Lipinski definition) is 2. The Bertz CT molecular complexity index is 807. The number of nitrogens with zero attached hydrogens (tertiary/aromatic N) is 1. The lowest BCUT2D eigenvalue weighted by molar-refractivity contribution is -0.157. The third kappa shape index (κ3) is 4.54. The molecule has 9 nitrogen and oxygen atoms in total. The third-order valence-electron chi connectivity index (χ3n) is 3.94. The van der Waals surface area contributed by atoms with Crippen molar-refractivity contribution in [2.75, 3.05) is 0 Å². The summed E-state index contributed by atoms with van der Waals surface area (Å²) in [5.74, 6) is -2.98. The van der Waals surface area contributed by atoms with Crippen molar-refractivity contribution in [3.05, 3.63) is 35.4 Å². The number of nitrogens with one attached hydrogen (secondary N) is 2. The number of esters is 1. The van der Waals surface area contributed by atoms with Crippen LogP contribution >= 0.6 is 0 Å². The SMILES string of the molecule is CC(OC(=O)C(C)N1C(=O)c2ccccc2C1=O)C(=O)NC(=O)NC(C)(C)C. The molecule has 1 aliphatic rings. The summed E-state index contributed by atoms with van der Waals surface area (Å²) in [5.41, 5.74) is -0.141. The van der Waals surface area contributed by atoms with Gasteiger partial charge in [0.2, 0.25) is 0 Å². The van der Waals surface area contributed by atoms with Crippen LogP contribution in [0.1, 0.15) is 55.3 Å². The van der Waals surface area contributed by atoms with Crippen LogP contribution in [0.15, 0.2) is 24.3 Å². The van der Waals surface area contributed by atoms with Gasteiger partial charge in [0, 0.05) is 5.54 Å². The van der Waals surface area contributed by atoms with E-state index >= 15 is 0 Å². The van der Waals surface area contributed by atoms with E-state index < -0.39 is 47.4 Å². The lowest BCUT2D eigenvalue weighted by Gasteiger charge is -2.23. The summed E-state index contributed by atoms with van der Waals surface area (Å²) in [6, 6.07) is 4.27. The Labute approximate surface area is 162 Å². The molecule has 1 heterocycles. The molecule has 1 aromatic rings. The van der Waals surface area contributed by atoms with Crippen molar-refractivity contribution in [2.24, 2.45) is 0 Å². The number of fused-ring (bicyclic) bond motifs is 1. The average molecular weight is 389 g/mol. The Balaban J connectivity index is 1.99. The number of carbonyl (C=O) groups is 5. The molecule has 0 fully saturated rings. The predicted molar refractivity (Wildman–Crippen MR) is 98.4 cm³/mol. The monoisotopic (exact) mass is 389 g/mol. The lowest BCUT2D eigenvalue weighted by Crippen LogP contribution is -2.51. The second-order valence-electron chi connectivity index (χ2n) is 7.47. The van der Waals surface area contributed by atoms with Crippen molar-refractivity contribution < 1.29 is 28.7 Å². The highest BCUT2D eigenvalue weighted by Crippen LogP contribution is 2.24. The van der Waals surface area contributed by atoms with Crippen molar-refractivity contribution >= 4 is 29.7 Å². The summed E-state index contributed by atoms with van der Waals surface area (Å²) in [6.07, 6.45) is -1.30. The Hall–Kier alpha value is -3.23. The highest BCUT2D eigenvalue weighted by atomic mass is 16.5. The molecule has 0 radical (unpaired) electrons. The number of carbonyl (C=O) groups excluding carboxylic acids is 5. The molecule has 5 amide bonds. The van der Waals surface area contributed by atoms with E-state index in [1.54, 1.807) is 32.9 Å². The zero-order chi connectivity index (χ0) is 21.2. The molecule has 28 heavy (non-hydrogen) atoms. The van der Waals surface area contributed by atoms with E-state index in [2.05, 4.69) is 10.6 Å². The fourth-order valence-corrected chi connectivity index (χ4v) is 2.58. The fraction of sp³-hybridized carbons (Fsp3) is 0.421. The molecule has 150 valence electrons. The highest BCUT2D eigenvalue weighted by Gasteiger charge is 2.41. The van der Waals surface area contributed by atoms with Crippen LogP contribution in [0.3, 0.4) is 0 Å². The van der Waals surface area contributed by atoms with Crippen LogP contribution in [-0.2, 0) is 14.3 Å². The molecule has 1 aromatic carbocycles. The summed E-state index contributed by atoms with van der Waals surface area (Å²) in [4.78, 5) is 61.7. The van der Waals surface area contributed by atoms with Gasteiger partial charge in [0.15, 0.2) is 6.10 Å². The Morgan fingerprint density at radius 1 is 1.00 bits per heavy atom. The van der Waals surface area contributed by atoms with E-state index in [4.69, 9.17) is 4.74 Å². The first-order valence-corrected chi connectivity index (χ1v) is 8.73. The number of urea groups is 1. The normalized spacial score (nSPS) is 15.5. The van der Waals surface area contributed by atoms with Crippen molar-refractivity contribution in [3.63, 3.8) is 0 Å². The molecule has 2 N–H and O–H groups in total. The summed E-state index contributed by atoms with van der Waals surface area (Å²) in [6.45, 7) is 7.84. The number of rotatable bonds is 4. The van der Waals surface area contributed by atoms with Crippen LogP contribution in [0, 0.1) is 0 Å². The van der Waals surface area contributed by atoms with Crippen molar-refractivity contribution in [1.29, 1.82) is 0 Å². The fourth-order valence-electron chi connectivity index (χ4n) is 2.58. The van der Waals surface area contributed by atoms with Crippen LogP contribution < -0.4 is 10.6 Å². The van der Waals surface area contributed by atoms with E-state index in [-0.39, 0.29) is 11.1 Å². The maximum absolute atomic E-state index is 12.4. The maximum atomic E-state index is 12.4. The summed E-state index contributed by atoms with van der Waals surface area (Å²) in [5, 5.41) is 4.61. The first-order valence-electron chi connectivity index (χ1n) is 8.73. The topological polar surface area (TPSA) is 122 Å². The minimum Gasteiger partial charge on any atom is -0.451 e. The second-order valence-corrected chi connectivity index (χ2v) is 7.47. The Kier molecular flexibility index (Phi) is 5.86. The van der Waals surface area contributed by atoms with E-state index in [0.717, 1.165) is 4.90 Å². The standard InChI is InChI=1S/C19H23N3O6/c1-10(22-15(24)12-8-6-7-9-13(12)16(22)25)17(26)28-11(2)14(23)20-18(27)21-19(3,4)5/h6-11H,1-5H3,(H2,20,21,23,27). The number of hydrogen-bond acceptors (Lipinski definition) is 6. The number of imide groups is 2. The first kappa shape index (κ1) is 21.1. The molecular formula is C19H23N3O6. The molecule has 2 unspecified atom stereocenters. The van der Waals surface area contributed by atoms with Crippen LogP contribution in [0.25, 0.3) is 0 Å². The average Bonchev–Trinajstić information content (AvgIpc) is 2.83. The van der Waals surface area contributed by atoms with Crippen LogP contribution in [-0.4, -0.2) is 52.3 Å². The Morgan fingerprint density at radius 3 is 1.96 bits per heavy atom. The minimum absolute atomic E-state index is 0.205. The van der Waals surface area contributed by atoms with Gasteiger partial charge in [-0.25, -0.2) is 9.59 Å². The quantitative estimate of drug-likeness (QED) is 0.590. The zero-order valence-corrected chi connectivity index (χ0v) is 16.4. The highest BCUT2D eigenvalue weighted by molar-refractivity contribution is 6.22. The first-order chi connectivity index (χ1) is 12.9. The van der Waals surface area contributed by atoms with Crippen LogP contribution in [0.2, 0.25) is 0 Å². The molecule has 0 bridgehead atoms. The van der Waals surface area contributed by atoms with E-state index in [1.165, 1.54) is 26.0 Å². The molecule has 2 rings (SSSR count). The largest absolute Gasteiger partial charge is 0.451 e. The molecule has 0 aromatic heterocycles. The van der Waals surface area contributed by atoms with E-state index in [1.807, 2.05) is 0 Å². The number of ether oxygens (including phenoxy) is 1. The summed E-state index contributed by atoms with van der Waals surface area (Å²) in [7, 11) is 0. The molecular weight excluding hydrogens is 366 g/mol. The molecule has 2 atom stereocenters. The second kappa shape index (κ2) is 7.79.